The van der Waals surface area contributed by atoms with Crippen molar-refractivity contribution in [2.75, 3.05) is 6.61 Å². The number of pyridine rings is 1. The van der Waals surface area contributed by atoms with Gasteiger partial charge in [-0.25, -0.2) is 0 Å². The predicted molar refractivity (Wildman–Crippen MR) is 80.5 cm³/mol. The van der Waals surface area contributed by atoms with Crippen molar-refractivity contribution in [3.05, 3.63) is 54.2 Å². The van der Waals surface area contributed by atoms with E-state index in [4.69, 9.17) is 4.74 Å². The van der Waals surface area contributed by atoms with Crippen molar-refractivity contribution in [2.24, 2.45) is 0 Å². The second-order valence-corrected chi connectivity index (χ2v) is 5.10. The fourth-order valence-electron chi connectivity index (χ4n) is 2.52. The maximum absolute atomic E-state index is 12.0. The van der Waals surface area contributed by atoms with E-state index in [-0.39, 0.29) is 12.0 Å². The molecule has 108 valence electrons. The highest BCUT2D eigenvalue weighted by Gasteiger charge is 2.23. The fraction of sp³-hybridized carbons (Fsp3) is 0.294. The lowest BCUT2D eigenvalue weighted by Gasteiger charge is -2.12. The first kappa shape index (κ1) is 13.8. The molecule has 0 spiro atoms. The van der Waals surface area contributed by atoms with Gasteiger partial charge in [-0.2, -0.15) is 0 Å². The van der Waals surface area contributed by atoms with E-state index in [2.05, 4.69) is 10.3 Å². The first-order valence-electron chi connectivity index (χ1n) is 7.23. The summed E-state index contributed by atoms with van der Waals surface area (Å²) < 4.78 is 5.39. The molecular weight excluding hydrogens is 264 g/mol. The largest absolute Gasteiger partial charge is 0.368 e. The average molecular weight is 282 g/mol. The van der Waals surface area contributed by atoms with Gasteiger partial charge in [0, 0.05) is 24.9 Å². The molecule has 0 saturated carbocycles. The summed E-state index contributed by atoms with van der Waals surface area (Å²) in [5.74, 6) is -0.0321. The lowest BCUT2D eigenvalue weighted by molar-refractivity contribution is -0.130. The molecule has 4 nitrogen and oxygen atoms in total. The molecule has 0 unspecified atom stereocenters. The number of aromatic nitrogens is 1. The van der Waals surface area contributed by atoms with Crippen molar-refractivity contribution in [1.29, 1.82) is 0 Å². The number of hydrogen-bond acceptors (Lipinski definition) is 3. The van der Waals surface area contributed by atoms with Crippen molar-refractivity contribution >= 4 is 5.91 Å². The lowest BCUT2D eigenvalue weighted by Crippen LogP contribution is -2.33. The second kappa shape index (κ2) is 6.50. The van der Waals surface area contributed by atoms with Crippen molar-refractivity contribution in [3.8, 4) is 11.3 Å². The Kier molecular flexibility index (Phi) is 4.26. The maximum Gasteiger partial charge on any atom is 0.249 e. The van der Waals surface area contributed by atoms with Gasteiger partial charge in [-0.15, -0.1) is 0 Å². The number of carbonyl (C=O) groups is 1. The standard InChI is InChI=1S/C17H18N2O2/c20-17(15-9-5-11-21-15)19-12-14-8-4-10-18-16(14)13-6-2-1-3-7-13/h1-4,6-8,10,15H,5,9,11-12H2,(H,19,20)/t15-/m0/s1. The van der Waals surface area contributed by atoms with Crippen LogP contribution in [-0.2, 0) is 16.1 Å². The van der Waals surface area contributed by atoms with Gasteiger partial charge in [-0.05, 0) is 24.5 Å². The van der Waals surface area contributed by atoms with E-state index in [1.165, 1.54) is 0 Å². The lowest BCUT2D eigenvalue weighted by atomic mass is 10.1. The van der Waals surface area contributed by atoms with Crippen molar-refractivity contribution in [1.82, 2.24) is 10.3 Å². The van der Waals surface area contributed by atoms with Gasteiger partial charge in [0.2, 0.25) is 5.91 Å². The second-order valence-electron chi connectivity index (χ2n) is 5.10. The molecule has 1 aromatic heterocycles. The Labute approximate surface area is 124 Å². The highest BCUT2D eigenvalue weighted by molar-refractivity contribution is 5.81. The van der Waals surface area contributed by atoms with Gasteiger partial charge in [0.05, 0.1) is 5.69 Å². The number of rotatable bonds is 4. The van der Waals surface area contributed by atoms with Crippen molar-refractivity contribution in [2.45, 2.75) is 25.5 Å². The molecule has 1 N–H and O–H groups in total. The predicted octanol–water partition coefficient (Wildman–Crippen LogP) is 2.54. The molecule has 0 bridgehead atoms. The summed E-state index contributed by atoms with van der Waals surface area (Å²) in [6.45, 7) is 1.15. The summed E-state index contributed by atoms with van der Waals surface area (Å²) in [6.07, 6.45) is 3.25. The van der Waals surface area contributed by atoms with Gasteiger partial charge in [0.1, 0.15) is 6.10 Å². The van der Waals surface area contributed by atoms with Crippen molar-refractivity contribution < 1.29 is 9.53 Å². The monoisotopic (exact) mass is 282 g/mol. The van der Waals surface area contributed by atoms with E-state index in [1.54, 1.807) is 6.20 Å². The summed E-state index contributed by atoms with van der Waals surface area (Å²) in [5.41, 5.74) is 2.97. The van der Waals surface area contributed by atoms with Crippen LogP contribution in [0.5, 0.6) is 0 Å². The molecule has 1 saturated heterocycles. The first-order chi connectivity index (χ1) is 10.3. The summed E-state index contributed by atoms with van der Waals surface area (Å²) in [6, 6.07) is 13.9. The highest BCUT2D eigenvalue weighted by atomic mass is 16.5. The molecule has 0 radical (unpaired) electrons. The van der Waals surface area contributed by atoms with Gasteiger partial charge in [-0.1, -0.05) is 36.4 Å². The molecule has 1 atom stereocenters. The number of benzene rings is 1. The number of amides is 1. The van der Waals surface area contributed by atoms with Crippen LogP contribution >= 0.6 is 0 Å². The third-order valence-electron chi connectivity index (χ3n) is 3.61. The van der Waals surface area contributed by atoms with Crippen LogP contribution in [0.15, 0.2) is 48.7 Å². The van der Waals surface area contributed by atoms with E-state index in [9.17, 15) is 4.79 Å². The molecule has 1 fully saturated rings. The van der Waals surface area contributed by atoms with Crippen LogP contribution in [-0.4, -0.2) is 23.6 Å². The minimum Gasteiger partial charge on any atom is -0.368 e. The van der Waals surface area contributed by atoms with Gasteiger partial charge < -0.3 is 10.1 Å². The number of hydrogen-bond donors (Lipinski definition) is 1. The van der Waals surface area contributed by atoms with E-state index < -0.39 is 0 Å². The van der Waals surface area contributed by atoms with Crippen LogP contribution in [0.1, 0.15) is 18.4 Å². The number of nitrogens with zero attached hydrogens (tertiary/aromatic N) is 1. The number of nitrogens with one attached hydrogen (secondary N) is 1. The van der Waals surface area contributed by atoms with Crippen LogP contribution in [0.4, 0.5) is 0 Å². The number of carbonyl (C=O) groups excluding carboxylic acids is 1. The topological polar surface area (TPSA) is 51.2 Å². The first-order valence-corrected chi connectivity index (χ1v) is 7.23. The molecule has 1 aliphatic heterocycles. The average Bonchev–Trinajstić information content (AvgIpc) is 3.08. The zero-order valence-electron chi connectivity index (χ0n) is 11.8. The quantitative estimate of drug-likeness (QED) is 0.937. The molecule has 1 aromatic carbocycles. The van der Waals surface area contributed by atoms with Crippen LogP contribution < -0.4 is 5.32 Å². The fourth-order valence-corrected chi connectivity index (χ4v) is 2.52. The molecule has 1 amide bonds. The minimum atomic E-state index is -0.290. The third-order valence-corrected chi connectivity index (χ3v) is 3.61. The Hall–Kier alpha value is -2.20. The minimum absolute atomic E-state index is 0.0321. The van der Waals surface area contributed by atoms with Crippen LogP contribution in [0.2, 0.25) is 0 Å². The molecule has 2 heterocycles. The van der Waals surface area contributed by atoms with Crippen LogP contribution in [0.25, 0.3) is 11.3 Å². The third kappa shape index (κ3) is 3.28. The zero-order valence-corrected chi connectivity index (χ0v) is 11.8. The van der Waals surface area contributed by atoms with Gasteiger partial charge in [-0.3, -0.25) is 9.78 Å². The molecular formula is C17H18N2O2. The van der Waals surface area contributed by atoms with Crippen LogP contribution in [0.3, 0.4) is 0 Å². The van der Waals surface area contributed by atoms with E-state index in [0.29, 0.717) is 13.2 Å². The van der Waals surface area contributed by atoms with Gasteiger partial charge >= 0.3 is 0 Å². The maximum atomic E-state index is 12.0. The van der Waals surface area contributed by atoms with E-state index >= 15 is 0 Å². The summed E-state index contributed by atoms with van der Waals surface area (Å²) in [4.78, 5) is 16.5. The van der Waals surface area contributed by atoms with E-state index in [0.717, 1.165) is 29.7 Å². The molecule has 4 heteroatoms. The Morgan fingerprint density at radius 1 is 1.24 bits per heavy atom. The molecule has 3 rings (SSSR count). The highest BCUT2D eigenvalue weighted by Crippen LogP contribution is 2.20. The summed E-state index contributed by atoms with van der Waals surface area (Å²) >= 11 is 0. The Balaban J connectivity index is 1.72. The smallest absolute Gasteiger partial charge is 0.249 e. The normalized spacial score (nSPS) is 17.6. The summed E-state index contributed by atoms with van der Waals surface area (Å²) in [7, 11) is 0. The van der Waals surface area contributed by atoms with Crippen LogP contribution in [0, 0.1) is 0 Å². The Morgan fingerprint density at radius 3 is 2.86 bits per heavy atom. The summed E-state index contributed by atoms with van der Waals surface area (Å²) in [5, 5.41) is 2.95. The Morgan fingerprint density at radius 2 is 2.10 bits per heavy atom. The zero-order chi connectivity index (χ0) is 14.5. The Bertz CT molecular complexity index is 607. The van der Waals surface area contributed by atoms with Gasteiger partial charge in [0.25, 0.3) is 0 Å². The van der Waals surface area contributed by atoms with Gasteiger partial charge in [0.15, 0.2) is 0 Å². The number of ether oxygens (including phenoxy) is 1. The van der Waals surface area contributed by atoms with E-state index in [1.807, 2.05) is 42.5 Å². The molecule has 0 aliphatic carbocycles. The molecule has 21 heavy (non-hydrogen) atoms. The molecule has 2 aromatic rings. The molecule has 1 aliphatic rings. The SMILES string of the molecule is O=C(NCc1cccnc1-c1ccccc1)[C@@H]1CCCO1. The van der Waals surface area contributed by atoms with Crippen molar-refractivity contribution in [3.63, 3.8) is 0 Å².